The number of carbonyl (C=O) groups excluding carboxylic acids is 1. The number of hydrogen-bond acceptors (Lipinski definition) is 3. The number of amides is 2. The third kappa shape index (κ3) is 3.34. The van der Waals surface area contributed by atoms with Crippen LogP contribution >= 0.6 is 11.6 Å². The Hall–Kier alpha value is -3.16. The number of aliphatic hydroxyl groups is 1. The van der Waals surface area contributed by atoms with Gasteiger partial charge in [-0.2, -0.15) is 8.78 Å². The van der Waals surface area contributed by atoms with E-state index in [2.05, 4.69) is 4.74 Å². The maximum Gasteiger partial charge on any atom is 0.387 e. The molecule has 5 nitrogen and oxygen atoms in total. The molecule has 1 spiro atoms. The second-order valence-corrected chi connectivity index (χ2v) is 9.17. The summed E-state index contributed by atoms with van der Waals surface area (Å²) in [6.07, 6.45) is 1.87. The topological polar surface area (TPSA) is 53.0 Å². The number of urea groups is 1. The molecule has 1 aliphatic carbocycles. The fourth-order valence-electron chi connectivity index (χ4n) is 5.10. The molecule has 1 unspecified atom stereocenters. The molecular weight excluding hydrogens is 462 g/mol. The number of halogens is 3. The summed E-state index contributed by atoms with van der Waals surface area (Å²) in [5.74, 6) is -0.0901. The zero-order chi connectivity index (χ0) is 24.1. The first kappa shape index (κ1) is 22.6. The standard InChI is InChI=1S/C26H23ClF2N2O3/c1-17-6-10-20(11-7-17)30-24(32)31(21-12-8-19(27)9-13-21)26(33,25(30)14-3-15-25)18-4-2-5-22(16-18)34-23(28)29/h2,4-13,16,23,33H,3,14-15H2,1H3. The number of carbonyl (C=O) groups is 1. The molecule has 1 N–H and O–H groups in total. The Balaban J connectivity index is 1.73. The highest BCUT2D eigenvalue weighted by Gasteiger charge is 2.70. The Kier molecular flexibility index (Phi) is 5.49. The average molecular weight is 485 g/mol. The molecule has 5 rings (SSSR count). The minimum atomic E-state index is -3.01. The van der Waals surface area contributed by atoms with Crippen LogP contribution < -0.4 is 14.5 Å². The molecule has 1 heterocycles. The van der Waals surface area contributed by atoms with Crippen molar-refractivity contribution < 1.29 is 23.4 Å². The van der Waals surface area contributed by atoms with Crippen LogP contribution in [-0.2, 0) is 5.72 Å². The Labute approximate surface area is 201 Å². The summed E-state index contributed by atoms with van der Waals surface area (Å²) in [6, 6.07) is 19.7. The van der Waals surface area contributed by atoms with Crippen molar-refractivity contribution >= 4 is 29.0 Å². The van der Waals surface area contributed by atoms with Gasteiger partial charge in [0, 0.05) is 22.0 Å². The van der Waals surface area contributed by atoms with Gasteiger partial charge in [0.2, 0.25) is 0 Å². The predicted molar refractivity (Wildman–Crippen MR) is 127 cm³/mol. The Bertz CT molecular complexity index is 1220. The number of rotatable bonds is 5. The number of alkyl halides is 2. The summed E-state index contributed by atoms with van der Waals surface area (Å²) in [5.41, 5.74) is -0.406. The van der Waals surface area contributed by atoms with Gasteiger partial charge in [0.25, 0.3) is 0 Å². The first-order valence-electron chi connectivity index (χ1n) is 11.0. The van der Waals surface area contributed by atoms with Crippen LogP contribution in [0, 0.1) is 6.92 Å². The van der Waals surface area contributed by atoms with Gasteiger partial charge in [0.05, 0.1) is 0 Å². The maximum absolute atomic E-state index is 14.0. The maximum atomic E-state index is 14.0. The van der Waals surface area contributed by atoms with Crippen LogP contribution in [0.4, 0.5) is 25.0 Å². The average Bonchev–Trinajstić information content (AvgIpc) is 2.99. The van der Waals surface area contributed by atoms with Crippen molar-refractivity contribution in [2.75, 3.05) is 9.80 Å². The summed E-state index contributed by atoms with van der Waals surface area (Å²) in [6.45, 7) is -1.05. The number of benzene rings is 3. The fourth-order valence-corrected chi connectivity index (χ4v) is 5.22. The molecule has 3 aromatic carbocycles. The van der Waals surface area contributed by atoms with Gasteiger partial charge in [-0.1, -0.05) is 41.4 Å². The zero-order valence-corrected chi connectivity index (χ0v) is 19.2. The number of ether oxygens (including phenoxy) is 1. The van der Waals surface area contributed by atoms with E-state index >= 15 is 0 Å². The van der Waals surface area contributed by atoms with E-state index in [1.165, 1.54) is 23.1 Å². The monoisotopic (exact) mass is 484 g/mol. The molecule has 0 bridgehead atoms. The van der Waals surface area contributed by atoms with E-state index in [0.717, 1.165) is 12.0 Å². The summed E-state index contributed by atoms with van der Waals surface area (Å²) >= 11 is 6.08. The van der Waals surface area contributed by atoms with Crippen molar-refractivity contribution in [2.24, 2.45) is 0 Å². The van der Waals surface area contributed by atoms with E-state index in [4.69, 9.17) is 11.6 Å². The lowest BCUT2D eigenvalue weighted by Gasteiger charge is -2.52. The van der Waals surface area contributed by atoms with Gasteiger partial charge in [-0.15, -0.1) is 0 Å². The second-order valence-electron chi connectivity index (χ2n) is 8.73. The Morgan fingerprint density at radius 2 is 1.59 bits per heavy atom. The highest BCUT2D eigenvalue weighted by molar-refractivity contribution is 6.30. The molecule has 176 valence electrons. The van der Waals surface area contributed by atoms with Crippen LogP contribution in [0.3, 0.4) is 0 Å². The molecule has 2 amide bonds. The second kappa shape index (κ2) is 8.25. The van der Waals surface area contributed by atoms with Crippen LogP contribution in [0.1, 0.15) is 30.4 Å². The number of anilines is 2. The molecule has 8 heteroatoms. The summed E-state index contributed by atoms with van der Waals surface area (Å²) in [7, 11) is 0. The molecule has 1 atom stereocenters. The smallest absolute Gasteiger partial charge is 0.387 e. The van der Waals surface area contributed by atoms with E-state index in [1.807, 2.05) is 31.2 Å². The molecule has 1 aliphatic heterocycles. The van der Waals surface area contributed by atoms with E-state index in [9.17, 15) is 18.7 Å². The van der Waals surface area contributed by atoms with Gasteiger partial charge < -0.3 is 9.84 Å². The van der Waals surface area contributed by atoms with Crippen LogP contribution in [-0.4, -0.2) is 23.3 Å². The summed E-state index contributed by atoms with van der Waals surface area (Å²) in [4.78, 5) is 17.0. The van der Waals surface area contributed by atoms with Gasteiger partial charge in [-0.25, -0.2) is 4.79 Å². The minimum absolute atomic E-state index is 0.0901. The number of nitrogens with zero attached hydrogens (tertiary/aromatic N) is 2. The van der Waals surface area contributed by atoms with E-state index in [1.54, 1.807) is 35.2 Å². The Morgan fingerprint density at radius 1 is 0.971 bits per heavy atom. The van der Waals surface area contributed by atoms with E-state index in [0.29, 0.717) is 34.8 Å². The molecule has 2 aliphatic rings. The van der Waals surface area contributed by atoms with Crippen molar-refractivity contribution in [3.8, 4) is 5.75 Å². The quantitative estimate of drug-likeness (QED) is 0.452. The highest BCUT2D eigenvalue weighted by atomic mass is 35.5. The lowest BCUT2D eigenvalue weighted by atomic mass is 9.66. The molecule has 0 aromatic heterocycles. The van der Waals surface area contributed by atoms with Gasteiger partial charge in [0.15, 0.2) is 5.72 Å². The van der Waals surface area contributed by atoms with Gasteiger partial charge in [0.1, 0.15) is 11.3 Å². The first-order valence-corrected chi connectivity index (χ1v) is 11.4. The minimum Gasteiger partial charge on any atom is -0.435 e. The number of hydrogen-bond donors (Lipinski definition) is 1. The molecule has 3 aromatic rings. The fraction of sp³-hybridized carbons (Fsp3) is 0.269. The molecule has 0 radical (unpaired) electrons. The van der Waals surface area contributed by atoms with Crippen LogP contribution in [0.5, 0.6) is 5.75 Å². The van der Waals surface area contributed by atoms with Crippen molar-refractivity contribution in [2.45, 2.75) is 44.1 Å². The summed E-state index contributed by atoms with van der Waals surface area (Å²) < 4.78 is 30.5. The van der Waals surface area contributed by atoms with Crippen molar-refractivity contribution in [3.05, 3.63) is 88.9 Å². The van der Waals surface area contributed by atoms with Crippen molar-refractivity contribution in [1.29, 1.82) is 0 Å². The molecule has 2 fully saturated rings. The van der Waals surface area contributed by atoms with Crippen LogP contribution in [0.2, 0.25) is 5.02 Å². The molecule has 1 saturated carbocycles. The van der Waals surface area contributed by atoms with Crippen molar-refractivity contribution in [1.82, 2.24) is 0 Å². The van der Waals surface area contributed by atoms with E-state index in [-0.39, 0.29) is 5.75 Å². The molecule has 1 saturated heterocycles. The van der Waals surface area contributed by atoms with Crippen LogP contribution in [0.15, 0.2) is 72.8 Å². The first-order chi connectivity index (χ1) is 16.3. The van der Waals surface area contributed by atoms with Crippen molar-refractivity contribution in [3.63, 3.8) is 0 Å². The van der Waals surface area contributed by atoms with E-state index < -0.39 is 23.9 Å². The Morgan fingerprint density at radius 3 is 2.18 bits per heavy atom. The molecule has 34 heavy (non-hydrogen) atoms. The van der Waals surface area contributed by atoms with Crippen LogP contribution in [0.25, 0.3) is 0 Å². The third-order valence-electron chi connectivity index (χ3n) is 6.80. The zero-order valence-electron chi connectivity index (χ0n) is 18.4. The lowest BCUT2D eigenvalue weighted by Crippen LogP contribution is -2.63. The van der Waals surface area contributed by atoms with Gasteiger partial charge in [-0.05, 0) is 74.7 Å². The van der Waals surface area contributed by atoms with Gasteiger partial charge in [-0.3, -0.25) is 9.80 Å². The normalized spacial score (nSPS) is 21.3. The largest absolute Gasteiger partial charge is 0.435 e. The highest BCUT2D eigenvalue weighted by Crippen LogP contribution is 2.59. The predicted octanol–water partition coefficient (Wildman–Crippen LogP) is 6.46. The van der Waals surface area contributed by atoms with Gasteiger partial charge >= 0.3 is 12.6 Å². The molecular formula is C26H23ClF2N2O3. The summed E-state index contributed by atoms with van der Waals surface area (Å²) in [5, 5.41) is 13.0. The lowest BCUT2D eigenvalue weighted by molar-refractivity contribution is -0.0569. The number of aryl methyl sites for hydroxylation is 1. The third-order valence-corrected chi connectivity index (χ3v) is 7.05. The SMILES string of the molecule is Cc1ccc(N2C(=O)N(c3ccc(Cl)cc3)C(O)(c3cccc(OC(F)F)c3)C23CCC3)cc1.